The van der Waals surface area contributed by atoms with Crippen molar-refractivity contribution >= 4 is 18.2 Å². The van der Waals surface area contributed by atoms with E-state index >= 15 is 0 Å². The highest BCUT2D eigenvalue weighted by molar-refractivity contribution is 6.30. The first kappa shape index (κ1) is 5.74. The predicted molar refractivity (Wildman–Crippen MR) is 28.8 cm³/mol. The zero-order chi connectivity index (χ0) is 6.85. The molecule has 0 aromatic rings. The van der Waals surface area contributed by atoms with Gasteiger partial charge in [0.15, 0.2) is 0 Å². The first-order valence-electron chi connectivity index (χ1n) is 2.27. The van der Waals surface area contributed by atoms with Crippen LogP contribution in [0, 0.1) is 0 Å². The second kappa shape index (κ2) is 1.85. The average Bonchev–Trinajstić information content (AvgIpc) is 1.83. The zero-order valence-electron chi connectivity index (χ0n) is 4.74. The van der Waals surface area contributed by atoms with Crippen LogP contribution in [0.25, 0.3) is 0 Å². The highest BCUT2D eigenvalue weighted by atomic mass is 16.2. The maximum atomic E-state index is 10.5. The van der Waals surface area contributed by atoms with E-state index < -0.39 is 11.9 Å². The van der Waals surface area contributed by atoms with Crippen molar-refractivity contribution in [2.45, 2.75) is 0 Å². The van der Waals surface area contributed by atoms with Crippen LogP contribution in [0.5, 0.6) is 0 Å². The molecule has 0 unspecified atom stereocenters. The molecule has 0 spiro atoms. The molecule has 0 fully saturated rings. The lowest BCUT2D eigenvalue weighted by atomic mass is 10.5. The van der Waals surface area contributed by atoms with Gasteiger partial charge >= 0.3 is 6.03 Å². The van der Waals surface area contributed by atoms with Crippen LogP contribution < -0.4 is 5.43 Å². The number of urea groups is 1. The van der Waals surface area contributed by atoms with Crippen LogP contribution in [-0.2, 0) is 4.79 Å². The maximum absolute atomic E-state index is 10.5. The molecule has 0 aliphatic carbocycles. The molecule has 1 aliphatic heterocycles. The monoisotopic (exact) mass is 126 g/mol. The van der Waals surface area contributed by atoms with E-state index in [9.17, 15) is 9.59 Å². The quantitative estimate of drug-likeness (QED) is 0.425. The molecule has 1 aliphatic rings. The van der Waals surface area contributed by atoms with Crippen LogP contribution in [0.4, 0.5) is 4.79 Å². The highest BCUT2D eigenvalue weighted by Crippen LogP contribution is 1.89. The number of carbonyl (C=O) groups is 2. The van der Waals surface area contributed by atoms with Crippen molar-refractivity contribution < 1.29 is 9.59 Å². The van der Waals surface area contributed by atoms with Crippen molar-refractivity contribution in [2.24, 2.45) is 5.10 Å². The van der Waals surface area contributed by atoms with Crippen LogP contribution in [0.1, 0.15) is 0 Å². The van der Waals surface area contributed by atoms with E-state index in [0.717, 1.165) is 11.1 Å². The van der Waals surface area contributed by atoms with E-state index in [1.54, 1.807) is 0 Å². The molecule has 5 nitrogen and oxygen atoms in total. The Kier molecular flexibility index (Phi) is 1.18. The van der Waals surface area contributed by atoms with Crippen molar-refractivity contribution in [3.63, 3.8) is 0 Å². The highest BCUT2D eigenvalue weighted by Gasteiger charge is 2.19. The van der Waals surface area contributed by atoms with Crippen LogP contribution >= 0.6 is 0 Å². The van der Waals surface area contributed by atoms with Gasteiger partial charge in [0.2, 0.25) is 0 Å². The fourth-order valence-electron chi connectivity index (χ4n) is 0.376. The third-order valence-electron chi connectivity index (χ3n) is 0.929. The van der Waals surface area contributed by atoms with E-state index in [0.29, 0.717) is 0 Å². The normalized spacial score (nSPS) is 18.1. The minimum Gasteiger partial charge on any atom is -0.267 e. The van der Waals surface area contributed by atoms with Gasteiger partial charge in [-0.25, -0.2) is 4.79 Å². The average molecular weight is 126 g/mol. The van der Waals surface area contributed by atoms with Gasteiger partial charge in [0.1, 0.15) is 6.21 Å². The molecule has 5 heteroatoms. The first-order valence-corrected chi connectivity index (χ1v) is 2.27. The number of nitrogens with zero attached hydrogens (tertiary/aromatic N) is 3. The lowest BCUT2D eigenvalue weighted by Crippen LogP contribution is -2.40. The molecule has 0 aromatic heterocycles. The Labute approximate surface area is 51.3 Å². The number of carbonyl (C=O) groups excluding carboxylic acids is 2. The van der Waals surface area contributed by atoms with Gasteiger partial charge in [-0.3, -0.25) is 9.69 Å². The Morgan fingerprint density at radius 1 is 1.56 bits per heavy atom. The number of hydrogen-bond donors (Lipinski definition) is 0. The summed E-state index contributed by atoms with van der Waals surface area (Å²) in [4.78, 5) is 21.8. The van der Waals surface area contributed by atoms with Crippen LogP contribution in [0.15, 0.2) is 5.10 Å². The predicted octanol–water partition coefficient (Wildman–Crippen LogP) is -0.831. The topological polar surface area (TPSA) is 63.8 Å². The smallest absolute Gasteiger partial charge is 0.267 e. The summed E-state index contributed by atoms with van der Waals surface area (Å²) in [5, 5.41) is 3.15. The van der Waals surface area contributed by atoms with E-state index in [2.05, 4.69) is 10.5 Å². The van der Waals surface area contributed by atoms with Crippen LogP contribution in [0.3, 0.4) is 0 Å². The Morgan fingerprint density at radius 2 is 2.22 bits per heavy atom. The van der Waals surface area contributed by atoms with Crippen LogP contribution in [-0.4, -0.2) is 30.1 Å². The summed E-state index contributed by atoms with van der Waals surface area (Å²) in [6.45, 7) is 0. The summed E-state index contributed by atoms with van der Waals surface area (Å²) in [6.07, 6.45) is 0.987. The molecular formula is C4H4N3O2. The van der Waals surface area contributed by atoms with Gasteiger partial charge in [0.25, 0.3) is 5.91 Å². The van der Waals surface area contributed by atoms with Gasteiger partial charge in [-0.15, -0.1) is 5.10 Å². The van der Waals surface area contributed by atoms with E-state index in [1.807, 2.05) is 0 Å². The van der Waals surface area contributed by atoms with Crippen molar-refractivity contribution in [1.29, 1.82) is 0 Å². The summed E-state index contributed by atoms with van der Waals surface area (Å²) >= 11 is 0. The molecule has 1 heterocycles. The lowest BCUT2D eigenvalue weighted by molar-refractivity contribution is -0.120. The van der Waals surface area contributed by atoms with Crippen molar-refractivity contribution in [1.82, 2.24) is 10.3 Å². The Bertz CT molecular complexity index is 186. The maximum Gasteiger partial charge on any atom is 0.368 e. The molecule has 0 saturated carbocycles. The molecule has 9 heavy (non-hydrogen) atoms. The molecule has 0 saturated heterocycles. The fraction of sp³-hybridized carbons (Fsp3) is 0.250. The standard InChI is InChI=1S/C4H4N3O2/c1-7-3(8)2-5-6-4(7)9/h2H,1H3. The summed E-state index contributed by atoms with van der Waals surface area (Å²) in [6, 6.07) is -0.623. The number of amides is 3. The van der Waals surface area contributed by atoms with Gasteiger partial charge in [0, 0.05) is 7.05 Å². The number of rotatable bonds is 0. The third kappa shape index (κ3) is 0.883. The van der Waals surface area contributed by atoms with Gasteiger partial charge in [-0.1, -0.05) is 5.43 Å². The minimum atomic E-state index is -0.623. The van der Waals surface area contributed by atoms with E-state index in [4.69, 9.17) is 0 Å². The Morgan fingerprint density at radius 3 is 2.67 bits per heavy atom. The summed E-state index contributed by atoms with van der Waals surface area (Å²) < 4.78 is 0. The molecule has 47 valence electrons. The van der Waals surface area contributed by atoms with Crippen LogP contribution in [0.2, 0.25) is 0 Å². The zero-order valence-corrected chi connectivity index (χ0v) is 4.74. The molecular weight excluding hydrogens is 122 g/mol. The van der Waals surface area contributed by atoms with Gasteiger partial charge in [-0.05, 0) is 0 Å². The number of imide groups is 1. The molecule has 1 radical (unpaired) electrons. The van der Waals surface area contributed by atoms with E-state index in [1.165, 1.54) is 7.05 Å². The molecule has 0 aromatic carbocycles. The molecule has 0 bridgehead atoms. The lowest BCUT2D eigenvalue weighted by Gasteiger charge is -2.12. The SMILES string of the molecule is CN1C(=O)C=N[N]C1=O. The molecule has 3 amide bonds. The summed E-state index contributed by atoms with van der Waals surface area (Å²) in [5.41, 5.74) is 3.10. The van der Waals surface area contributed by atoms with Crippen molar-refractivity contribution in [3.8, 4) is 0 Å². The summed E-state index contributed by atoms with van der Waals surface area (Å²) in [5.74, 6) is -0.435. The van der Waals surface area contributed by atoms with Crippen molar-refractivity contribution in [2.75, 3.05) is 7.05 Å². The second-order valence-electron chi connectivity index (χ2n) is 1.52. The Hall–Kier alpha value is -1.39. The largest absolute Gasteiger partial charge is 0.368 e. The van der Waals surface area contributed by atoms with Gasteiger partial charge in [0.05, 0.1) is 0 Å². The van der Waals surface area contributed by atoms with Gasteiger partial charge < -0.3 is 0 Å². The van der Waals surface area contributed by atoms with E-state index in [-0.39, 0.29) is 0 Å². The molecule has 0 atom stereocenters. The number of hydrogen-bond acceptors (Lipinski definition) is 3. The minimum absolute atomic E-state index is 0.435. The third-order valence-corrected chi connectivity index (χ3v) is 0.929. The second-order valence-corrected chi connectivity index (χ2v) is 1.52. The first-order chi connectivity index (χ1) is 4.22. The molecule has 1 rings (SSSR count). The molecule has 0 N–H and O–H groups in total. The fourth-order valence-corrected chi connectivity index (χ4v) is 0.376. The Balaban J connectivity index is 2.81. The van der Waals surface area contributed by atoms with Crippen molar-refractivity contribution in [3.05, 3.63) is 0 Å². The van der Waals surface area contributed by atoms with Gasteiger partial charge in [-0.2, -0.15) is 0 Å². The summed E-state index contributed by atoms with van der Waals surface area (Å²) in [7, 11) is 1.35.